The van der Waals surface area contributed by atoms with Crippen molar-refractivity contribution in [1.29, 1.82) is 0 Å². The van der Waals surface area contributed by atoms with Crippen molar-refractivity contribution in [3.63, 3.8) is 0 Å². The zero-order valence-electron chi connectivity index (χ0n) is 15.0. The Bertz CT molecular complexity index is 716. The summed E-state index contributed by atoms with van der Waals surface area (Å²) < 4.78 is 10.4. The van der Waals surface area contributed by atoms with Crippen LogP contribution in [-0.4, -0.2) is 37.2 Å². The van der Waals surface area contributed by atoms with Crippen LogP contribution in [0, 0.1) is 13.8 Å². The van der Waals surface area contributed by atoms with Crippen molar-refractivity contribution >= 4 is 11.8 Å². The van der Waals surface area contributed by atoms with Gasteiger partial charge in [0, 0.05) is 25.3 Å². The molecule has 0 radical (unpaired) electrons. The van der Waals surface area contributed by atoms with Crippen LogP contribution in [-0.2, 0) is 11.3 Å². The Balaban J connectivity index is 1.49. The summed E-state index contributed by atoms with van der Waals surface area (Å²) in [5.74, 6) is 2.06. The van der Waals surface area contributed by atoms with Gasteiger partial charge in [0.2, 0.25) is 0 Å². The molecule has 1 saturated heterocycles. The van der Waals surface area contributed by atoms with Crippen molar-refractivity contribution < 1.29 is 13.9 Å². The van der Waals surface area contributed by atoms with Gasteiger partial charge in [0.1, 0.15) is 22.9 Å². The van der Waals surface area contributed by atoms with Crippen molar-refractivity contribution in [1.82, 2.24) is 10.3 Å². The minimum Gasteiger partial charge on any atom is -0.465 e. The molecule has 25 heavy (non-hydrogen) atoms. The highest BCUT2D eigenvalue weighted by Gasteiger charge is 2.21. The Morgan fingerprint density at radius 3 is 2.76 bits per heavy atom. The number of methoxy groups -OCH3 is 1. The molecule has 0 atom stereocenters. The summed E-state index contributed by atoms with van der Waals surface area (Å²) in [5.41, 5.74) is 1.68. The van der Waals surface area contributed by atoms with E-state index in [2.05, 4.69) is 34.3 Å². The predicted octanol–water partition coefficient (Wildman–Crippen LogP) is 2.84. The minimum atomic E-state index is -0.355. The SMILES string of the molecule is COC(=O)c1cc(CNC2CCN(c3ccc(C)cn3)CC2)oc1C. The molecule has 1 aliphatic heterocycles. The van der Waals surface area contributed by atoms with Gasteiger partial charge in [0.15, 0.2) is 0 Å². The highest BCUT2D eigenvalue weighted by atomic mass is 16.5. The van der Waals surface area contributed by atoms with Crippen molar-refractivity contribution in [3.05, 3.63) is 47.0 Å². The Morgan fingerprint density at radius 2 is 2.12 bits per heavy atom. The van der Waals surface area contributed by atoms with Gasteiger partial charge in [-0.05, 0) is 44.4 Å². The van der Waals surface area contributed by atoms with Gasteiger partial charge < -0.3 is 19.4 Å². The molecule has 0 unspecified atom stereocenters. The Hall–Kier alpha value is -2.34. The normalized spacial score (nSPS) is 15.4. The number of nitrogens with one attached hydrogen (secondary N) is 1. The Kier molecular flexibility index (Phi) is 5.38. The second-order valence-corrected chi connectivity index (χ2v) is 6.51. The maximum atomic E-state index is 11.6. The number of aryl methyl sites for hydroxylation is 2. The summed E-state index contributed by atoms with van der Waals surface area (Å²) in [5, 5.41) is 3.52. The fraction of sp³-hybridized carbons (Fsp3) is 0.474. The van der Waals surface area contributed by atoms with Gasteiger partial charge in [-0.3, -0.25) is 0 Å². The molecule has 2 aromatic rings. The van der Waals surface area contributed by atoms with E-state index in [-0.39, 0.29) is 5.97 Å². The van der Waals surface area contributed by atoms with E-state index < -0.39 is 0 Å². The lowest BCUT2D eigenvalue weighted by molar-refractivity contribution is 0.0599. The fourth-order valence-electron chi connectivity index (χ4n) is 3.15. The molecule has 6 heteroatoms. The quantitative estimate of drug-likeness (QED) is 0.842. The van der Waals surface area contributed by atoms with Crippen molar-refractivity contribution in [2.24, 2.45) is 0 Å². The number of ether oxygens (including phenoxy) is 1. The molecule has 1 fully saturated rings. The van der Waals surface area contributed by atoms with Crippen molar-refractivity contribution in [2.45, 2.75) is 39.3 Å². The van der Waals surface area contributed by atoms with Gasteiger partial charge in [-0.25, -0.2) is 9.78 Å². The van der Waals surface area contributed by atoms with Crippen LogP contribution in [0.3, 0.4) is 0 Å². The average Bonchev–Trinajstić information content (AvgIpc) is 3.01. The second-order valence-electron chi connectivity index (χ2n) is 6.51. The topological polar surface area (TPSA) is 67.6 Å². The molecule has 0 bridgehead atoms. The molecule has 0 amide bonds. The van der Waals surface area contributed by atoms with E-state index >= 15 is 0 Å². The van der Waals surface area contributed by atoms with Crippen molar-refractivity contribution in [2.75, 3.05) is 25.1 Å². The highest BCUT2D eigenvalue weighted by Crippen LogP contribution is 2.19. The maximum Gasteiger partial charge on any atom is 0.341 e. The molecule has 0 saturated carbocycles. The molecule has 134 valence electrons. The summed E-state index contributed by atoms with van der Waals surface area (Å²) in [6.07, 6.45) is 4.02. The van der Waals surface area contributed by atoms with Crippen LogP contribution in [0.25, 0.3) is 0 Å². The van der Waals surface area contributed by atoms with Crippen LogP contribution in [0.15, 0.2) is 28.8 Å². The lowest BCUT2D eigenvalue weighted by Crippen LogP contribution is -2.42. The van der Waals surface area contributed by atoms with Crippen LogP contribution >= 0.6 is 0 Å². The summed E-state index contributed by atoms with van der Waals surface area (Å²) in [6.45, 7) is 6.42. The molecule has 3 heterocycles. The van der Waals surface area contributed by atoms with Gasteiger partial charge in [-0.2, -0.15) is 0 Å². The summed E-state index contributed by atoms with van der Waals surface area (Å²) >= 11 is 0. The molecule has 0 aliphatic carbocycles. The van der Waals surface area contributed by atoms with E-state index in [1.165, 1.54) is 12.7 Å². The van der Waals surface area contributed by atoms with Crippen LogP contribution in [0.1, 0.15) is 40.3 Å². The maximum absolute atomic E-state index is 11.6. The largest absolute Gasteiger partial charge is 0.465 e. The van der Waals surface area contributed by atoms with Crippen molar-refractivity contribution in [3.8, 4) is 0 Å². The summed E-state index contributed by atoms with van der Waals surface area (Å²) in [7, 11) is 1.38. The standard InChI is InChI=1S/C19H25N3O3/c1-13-4-5-18(21-11-13)22-8-6-15(7-9-22)20-12-16-10-17(14(2)25-16)19(23)24-3/h4-5,10-11,15,20H,6-9,12H2,1-3H3. The third-order valence-corrected chi connectivity index (χ3v) is 4.65. The summed E-state index contributed by atoms with van der Waals surface area (Å²) in [6, 6.07) is 6.39. The number of nitrogens with zero attached hydrogens (tertiary/aromatic N) is 2. The zero-order chi connectivity index (χ0) is 17.8. The van der Waals surface area contributed by atoms with Gasteiger partial charge in [-0.1, -0.05) is 6.07 Å². The smallest absolute Gasteiger partial charge is 0.341 e. The van der Waals surface area contributed by atoms with E-state index in [4.69, 9.17) is 9.15 Å². The lowest BCUT2D eigenvalue weighted by atomic mass is 10.0. The molecule has 1 N–H and O–H groups in total. The molecule has 0 aromatic carbocycles. The number of furan rings is 1. The number of carbonyl (C=O) groups is 1. The number of hydrogen-bond donors (Lipinski definition) is 1. The number of piperidine rings is 1. The van der Waals surface area contributed by atoms with Crippen LogP contribution in [0.5, 0.6) is 0 Å². The third kappa shape index (κ3) is 4.20. The lowest BCUT2D eigenvalue weighted by Gasteiger charge is -2.33. The number of carbonyl (C=O) groups excluding carboxylic acids is 1. The number of hydrogen-bond acceptors (Lipinski definition) is 6. The zero-order valence-corrected chi connectivity index (χ0v) is 15.0. The number of pyridine rings is 1. The van der Waals surface area contributed by atoms with Crippen LogP contribution in [0.2, 0.25) is 0 Å². The molecule has 6 nitrogen and oxygen atoms in total. The first-order chi connectivity index (χ1) is 12.1. The molecular formula is C19H25N3O3. The first-order valence-corrected chi connectivity index (χ1v) is 8.65. The molecule has 2 aromatic heterocycles. The van der Waals surface area contributed by atoms with E-state index in [0.29, 0.717) is 23.9 Å². The van der Waals surface area contributed by atoms with Gasteiger partial charge >= 0.3 is 5.97 Å². The average molecular weight is 343 g/mol. The Morgan fingerprint density at radius 1 is 1.36 bits per heavy atom. The molecule has 0 spiro atoms. The molecular weight excluding hydrogens is 318 g/mol. The summed E-state index contributed by atoms with van der Waals surface area (Å²) in [4.78, 5) is 18.5. The van der Waals surface area contributed by atoms with Crippen LogP contribution in [0.4, 0.5) is 5.82 Å². The number of rotatable bonds is 5. The van der Waals surface area contributed by atoms with E-state index in [1.54, 1.807) is 13.0 Å². The van der Waals surface area contributed by atoms with Crippen LogP contribution < -0.4 is 10.2 Å². The highest BCUT2D eigenvalue weighted by molar-refractivity contribution is 5.90. The van der Waals surface area contributed by atoms with Gasteiger partial charge in [-0.15, -0.1) is 0 Å². The van der Waals surface area contributed by atoms with E-state index in [0.717, 1.165) is 37.5 Å². The fourth-order valence-corrected chi connectivity index (χ4v) is 3.15. The molecule has 3 rings (SSSR count). The first-order valence-electron chi connectivity index (χ1n) is 8.65. The van der Waals surface area contributed by atoms with E-state index in [9.17, 15) is 4.79 Å². The first kappa shape index (κ1) is 17.5. The Labute approximate surface area is 148 Å². The number of esters is 1. The monoisotopic (exact) mass is 343 g/mol. The molecule has 1 aliphatic rings. The number of aromatic nitrogens is 1. The minimum absolute atomic E-state index is 0.355. The second kappa shape index (κ2) is 7.70. The third-order valence-electron chi connectivity index (χ3n) is 4.65. The predicted molar refractivity (Wildman–Crippen MR) is 95.8 cm³/mol. The van der Waals surface area contributed by atoms with Gasteiger partial charge in [0.05, 0.1) is 13.7 Å². The number of anilines is 1. The van der Waals surface area contributed by atoms with Gasteiger partial charge in [0.25, 0.3) is 0 Å². The van der Waals surface area contributed by atoms with E-state index in [1.807, 2.05) is 6.20 Å².